The Kier molecular flexibility index (Phi) is 8.10. The number of esters is 1. The molecule has 0 saturated heterocycles. The third-order valence-corrected chi connectivity index (χ3v) is 3.33. The monoisotopic (exact) mass is 287 g/mol. The van der Waals surface area contributed by atoms with Crippen LogP contribution in [0.15, 0.2) is 24.3 Å². The fraction of sp³-hybridized carbons (Fsp3) is 0.444. The number of aromatic nitrogens is 1. The molecule has 0 fully saturated rings. The first kappa shape index (κ1) is 17.2. The van der Waals surface area contributed by atoms with Gasteiger partial charge in [0.25, 0.3) is 0 Å². The summed E-state index contributed by atoms with van der Waals surface area (Å²) in [6.45, 7) is 5.98. The number of aryl methyl sites for hydroxylation is 1. The van der Waals surface area contributed by atoms with Gasteiger partial charge in [-0.15, -0.1) is 0 Å². The zero-order chi connectivity index (χ0) is 15.5. The Morgan fingerprint density at radius 2 is 2.05 bits per heavy atom. The molecule has 0 spiro atoms. The van der Waals surface area contributed by atoms with E-state index in [-0.39, 0.29) is 5.97 Å². The van der Waals surface area contributed by atoms with Crippen LogP contribution in [0.3, 0.4) is 0 Å². The second-order valence-electron chi connectivity index (χ2n) is 5.02. The standard InChI is InChI=1S/C18H25NO2/c1-4-5-10-16-13-14-17(19-15(16)2)11-8-6-7-9-12-18(20)21-3/h4-5,10,13-14H,2,6-9,11-12H2,1,3H3/b5-4-,16-10-. The Morgan fingerprint density at radius 3 is 2.71 bits per heavy atom. The molecule has 0 bridgehead atoms. The Labute approximate surface area is 127 Å². The quantitative estimate of drug-likeness (QED) is 0.545. The second kappa shape index (κ2) is 9.92. The van der Waals surface area contributed by atoms with Crippen LogP contribution < -0.4 is 10.6 Å². The minimum atomic E-state index is -0.119. The maximum Gasteiger partial charge on any atom is 0.305 e. The van der Waals surface area contributed by atoms with Crippen molar-refractivity contribution in [2.75, 3.05) is 7.11 Å². The van der Waals surface area contributed by atoms with Crippen LogP contribution in [0.25, 0.3) is 12.7 Å². The highest BCUT2D eigenvalue weighted by atomic mass is 16.5. The van der Waals surface area contributed by atoms with Gasteiger partial charge in [-0.05, 0) is 37.5 Å². The van der Waals surface area contributed by atoms with Crippen molar-refractivity contribution in [3.05, 3.63) is 40.5 Å². The van der Waals surface area contributed by atoms with E-state index in [0.29, 0.717) is 6.42 Å². The Morgan fingerprint density at radius 1 is 1.29 bits per heavy atom. The molecule has 1 aromatic rings. The van der Waals surface area contributed by atoms with Crippen molar-refractivity contribution < 1.29 is 9.53 Å². The molecule has 0 unspecified atom stereocenters. The van der Waals surface area contributed by atoms with E-state index in [4.69, 9.17) is 0 Å². The topological polar surface area (TPSA) is 39.2 Å². The predicted molar refractivity (Wildman–Crippen MR) is 87.1 cm³/mol. The van der Waals surface area contributed by atoms with E-state index in [1.54, 1.807) is 0 Å². The summed E-state index contributed by atoms with van der Waals surface area (Å²) in [5.41, 5.74) is 1.09. The van der Waals surface area contributed by atoms with Gasteiger partial charge in [-0.1, -0.05) is 43.7 Å². The molecule has 1 rings (SSSR count). The van der Waals surface area contributed by atoms with Gasteiger partial charge in [-0.3, -0.25) is 9.78 Å². The highest BCUT2D eigenvalue weighted by Gasteiger charge is 2.00. The number of carbonyl (C=O) groups is 1. The van der Waals surface area contributed by atoms with Gasteiger partial charge in [-0.25, -0.2) is 0 Å². The second-order valence-corrected chi connectivity index (χ2v) is 5.02. The lowest BCUT2D eigenvalue weighted by Gasteiger charge is -2.02. The SMILES string of the molecule is C=c1nc(CCCCCCC(=O)OC)cc/c1=C/C=C\C. The third kappa shape index (κ3) is 6.89. The first-order valence-corrected chi connectivity index (χ1v) is 7.52. The molecule has 0 aromatic carbocycles. The van der Waals surface area contributed by atoms with E-state index in [0.717, 1.165) is 48.4 Å². The smallest absolute Gasteiger partial charge is 0.305 e. The van der Waals surface area contributed by atoms with Crippen molar-refractivity contribution in [1.82, 2.24) is 4.98 Å². The molecule has 0 aliphatic rings. The van der Waals surface area contributed by atoms with Crippen molar-refractivity contribution in [2.24, 2.45) is 0 Å². The molecule has 0 N–H and O–H groups in total. The summed E-state index contributed by atoms with van der Waals surface area (Å²) in [6.07, 6.45) is 11.6. The summed E-state index contributed by atoms with van der Waals surface area (Å²) in [4.78, 5) is 15.5. The van der Waals surface area contributed by atoms with E-state index in [1.165, 1.54) is 7.11 Å². The maximum absolute atomic E-state index is 11.0. The molecule has 3 nitrogen and oxygen atoms in total. The number of hydrogen-bond donors (Lipinski definition) is 0. The van der Waals surface area contributed by atoms with E-state index < -0.39 is 0 Å². The average molecular weight is 287 g/mol. The molecule has 0 atom stereocenters. The molecule has 0 aliphatic heterocycles. The van der Waals surface area contributed by atoms with Gasteiger partial charge in [0.2, 0.25) is 0 Å². The molecular weight excluding hydrogens is 262 g/mol. The lowest BCUT2D eigenvalue weighted by Crippen LogP contribution is -2.27. The number of rotatable bonds is 8. The van der Waals surface area contributed by atoms with Crippen LogP contribution in [0.4, 0.5) is 0 Å². The summed E-state index contributed by atoms with van der Waals surface area (Å²) in [5.74, 6) is -0.119. The Bertz CT molecular complexity index is 575. The zero-order valence-electron chi connectivity index (χ0n) is 13.1. The average Bonchev–Trinajstić information content (AvgIpc) is 2.49. The van der Waals surface area contributed by atoms with Gasteiger partial charge in [0, 0.05) is 12.1 Å². The molecule has 1 aromatic heterocycles. The van der Waals surface area contributed by atoms with E-state index in [9.17, 15) is 4.79 Å². The zero-order valence-corrected chi connectivity index (χ0v) is 13.1. The van der Waals surface area contributed by atoms with Crippen LogP contribution in [0.1, 0.15) is 44.7 Å². The molecule has 0 amide bonds. The van der Waals surface area contributed by atoms with E-state index >= 15 is 0 Å². The maximum atomic E-state index is 11.0. The minimum Gasteiger partial charge on any atom is -0.469 e. The van der Waals surface area contributed by atoms with Crippen molar-refractivity contribution in [3.63, 3.8) is 0 Å². The number of pyridine rings is 1. The van der Waals surface area contributed by atoms with Gasteiger partial charge in [0.15, 0.2) is 0 Å². The van der Waals surface area contributed by atoms with E-state index in [1.807, 2.05) is 25.2 Å². The van der Waals surface area contributed by atoms with Crippen LogP contribution in [0, 0.1) is 0 Å². The normalized spacial score (nSPS) is 12.0. The Hall–Kier alpha value is -1.90. The van der Waals surface area contributed by atoms with Gasteiger partial charge in [0.1, 0.15) is 0 Å². The fourth-order valence-corrected chi connectivity index (χ4v) is 2.08. The molecule has 0 radical (unpaired) electrons. The largest absolute Gasteiger partial charge is 0.469 e. The van der Waals surface area contributed by atoms with Gasteiger partial charge in [-0.2, -0.15) is 0 Å². The summed E-state index contributed by atoms with van der Waals surface area (Å²) >= 11 is 0. The van der Waals surface area contributed by atoms with Crippen LogP contribution in [0.5, 0.6) is 0 Å². The number of allylic oxidation sites excluding steroid dienone is 2. The molecule has 1 heterocycles. The summed E-state index contributed by atoms with van der Waals surface area (Å²) in [7, 11) is 1.43. The first-order valence-electron chi connectivity index (χ1n) is 7.52. The fourth-order valence-electron chi connectivity index (χ4n) is 2.08. The number of nitrogens with zero attached hydrogens (tertiary/aromatic N) is 1. The van der Waals surface area contributed by atoms with Gasteiger partial charge < -0.3 is 4.74 Å². The highest BCUT2D eigenvalue weighted by molar-refractivity contribution is 5.68. The number of ether oxygens (including phenoxy) is 1. The van der Waals surface area contributed by atoms with Gasteiger partial charge >= 0.3 is 5.97 Å². The highest BCUT2D eigenvalue weighted by Crippen LogP contribution is 2.06. The van der Waals surface area contributed by atoms with Crippen LogP contribution >= 0.6 is 0 Å². The van der Waals surface area contributed by atoms with Crippen LogP contribution in [0.2, 0.25) is 0 Å². The third-order valence-electron chi connectivity index (χ3n) is 3.33. The molecule has 0 aliphatic carbocycles. The number of hydrogen-bond acceptors (Lipinski definition) is 3. The molecule has 114 valence electrons. The van der Waals surface area contributed by atoms with Gasteiger partial charge in [0.05, 0.1) is 12.5 Å². The number of unbranched alkanes of at least 4 members (excludes halogenated alkanes) is 3. The van der Waals surface area contributed by atoms with Crippen molar-refractivity contribution in [2.45, 2.75) is 45.4 Å². The molecular formula is C18H25NO2. The Balaban J connectivity index is 2.35. The lowest BCUT2D eigenvalue weighted by molar-refractivity contribution is -0.140. The van der Waals surface area contributed by atoms with Crippen molar-refractivity contribution in [1.29, 1.82) is 0 Å². The van der Waals surface area contributed by atoms with Crippen LogP contribution in [-0.2, 0) is 16.0 Å². The summed E-state index contributed by atoms with van der Waals surface area (Å²) < 4.78 is 4.61. The lowest BCUT2D eigenvalue weighted by atomic mass is 10.1. The van der Waals surface area contributed by atoms with E-state index in [2.05, 4.69) is 28.4 Å². The van der Waals surface area contributed by atoms with Crippen LogP contribution in [-0.4, -0.2) is 18.1 Å². The molecule has 3 heteroatoms. The predicted octanol–water partition coefficient (Wildman–Crippen LogP) is 2.51. The van der Waals surface area contributed by atoms with Crippen molar-refractivity contribution in [3.8, 4) is 0 Å². The minimum absolute atomic E-state index is 0.119. The summed E-state index contributed by atoms with van der Waals surface area (Å²) in [5, 5.41) is 1.89. The molecule has 0 saturated carbocycles. The summed E-state index contributed by atoms with van der Waals surface area (Å²) in [6, 6.07) is 4.14. The van der Waals surface area contributed by atoms with Crippen molar-refractivity contribution >= 4 is 18.6 Å². The first-order chi connectivity index (χ1) is 10.2. The number of methoxy groups -OCH3 is 1. The number of carbonyl (C=O) groups excluding carboxylic acids is 1. The molecule has 21 heavy (non-hydrogen) atoms.